The van der Waals surface area contributed by atoms with E-state index in [9.17, 15) is 18.0 Å². The summed E-state index contributed by atoms with van der Waals surface area (Å²) >= 11 is 0. The minimum Gasteiger partial charge on any atom is -0.394 e. The van der Waals surface area contributed by atoms with Crippen LogP contribution < -0.4 is 16.6 Å². The third-order valence-corrected chi connectivity index (χ3v) is 6.53. The van der Waals surface area contributed by atoms with Gasteiger partial charge in [0.05, 0.1) is 5.56 Å². The number of halogens is 3. The van der Waals surface area contributed by atoms with Crippen LogP contribution in [0.3, 0.4) is 0 Å². The summed E-state index contributed by atoms with van der Waals surface area (Å²) in [6.07, 6.45) is 5.62. The Labute approximate surface area is 195 Å². The molecule has 0 spiro atoms. The molecule has 34 heavy (non-hydrogen) atoms. The summed E-state index contributed by atoms with van der Waals surface area (Å²) in [5.41, 5.74) is 3.39. The molecular weight excluding hydrogens is 445 g/mol. The Bertz CT molecular complexity index is 1280. The number of pyridine rings is 1. The van der Waals surface area contributed by atoms with E-state index in [2.05, 4.69) is 34.3 Å². The van der Waals surface area contributed by atoms with E-state index in [0.717, 1.165) is 31.7 Å². The van der Waals surface area contributed by atoms with Gasteiger partial charge in [0.1, 0.15) is 17.2 Å². The molecule has 0 atom stereocenters. The molecule has 3 N–H and O–H groups in total. The van der Waals surface area contributed by atoms with E-state index in [1.807, 2.05) is 0 Å². The summed E-state index contributed by atoms with van der Waals surface area (Å²) in [7, 11) is 4.17. The molecular formula is C24H29F3N6O. The largest absolute Gasteiger partial charge is 0.394 e. The maximum absolute atomic E-state index is 14.6. The molecule has 182 valence electrons. The van der Waals surface area contributed by atoms with Crippen molar-refractivity contribution in [1.29, 1.82) is 0 Å². The van der Waals surface area contributed by atoms with Gasteiger partial charge in [-0.15, -0.1) is 0 Å². The molecule has 0 bridgehead atoms. The van der Waals surface area contributed by atoms with Crippen LogP contribution in [0.5, 0.6) is 0 Å². The number of nitrogens with zero attached hydrogens (tertiary/aromatic N) is 4. The van der Waals surface area contributed by atoms with Crippen molar-refractivity contribution in [2.24, 2.45) is 0 Å². The highest BCUT2D eigenvalue weighted by Gasteiger charge is 2.25. The van der Waals surface area contributed by atoms with Crippen molar-refractivity contribution in [1.82, 2.24) is 19.4 Å². The Morgan fingerprint density at radius 2 is 1.76 bits per heavy atom. The van der Waals surface area contributed by atoms with E-state index in [1.165, 1.54) is 16.8 Å². The Morgan fingerprint density at radius 1 is 1.09 bits per heavy atom. The van der Waals surface area contributed by atoms with E-state index in [4.69, 9.17) is 5.73 Å². The van der Waals surface area contributed by atoms with Gasteiger partial charge in [-0.1, -0.05) is 0 Å². The monoisotopic (exact) mass is 474 g/mol. The number of hydrogen-bond acceptors (Lipinski definition) is 6. The minimum absolute atomic E-state index is 0.192. The van der Waals surface area contributed by atoms with Crippen molar-refractivity contribution in [3.05, 3.63) is 46.1 Å². The van der Waals surface area contributed by atoms with Crippen LogP contribution in [0.1, 0.15) is 45.6 Å². The quantitative estimate of drug-likeness (QED) is 0.423. The first-order valence-electron chi connectivity index (χ1n) is 11.4. The van der Waals surface area contributed by atoms with E-state index >= 15 is 0 Å². The van der Waals surface area contributed by atoms with Crippen LogP contribution in [-0.2, 0) is 0 Å². The molecule has 0 aliphatic heterocycles. The lowest BCUT2D eigenvalue weighted by Crippen LogP contribution is -2.36. The minimum atomic E-state index is -1.52. The highest BCUT2D eigenvalue weighted by atomic mass is 19.2. The fourth-order valence-corrected chi connectivity index (χ4v) is 4.59. The van der Waals surface area contributed by atoms with Crippen molar-refractivity contribution >= 4 is 22.7 Å². The molecule has 2 aromatic heterocycles. The fourth-order valence-electron chi connectivity index (χ4n) is 4.59. The number of nitrogens with two attached hydrogens (primary N) is 1. The second-order valence-corrected chi connectivity index (χ2v) is 9.36. The van der Waals surface area contributed by atoms with Gasteiger partial charge in [0.15, 0.2) is 11.6 Å². The zero-order valence-corrected chi connectivity index (χ0v) is 19.7. The standard InChI is InChI=1S/C24H29F3N6O/c1-12(2)33-22-13(9-17(23(33)34)16-10-18(25)21(28)20(27)19(16)26)11-29-24(31-22)30-14-5-7-15(8-6-14)32(3)4/h9-12,14-15H,5-8,28H2,1-4H3,(H,29,30,31). The van der Waals surface area contributed by atoms with Crippen LogP contribution in [0, 0.1) is 17.5 Å². The number of fused-ring (bicyclic) bond motifs is 1. The van der Waals surface area contributed by atoms with Crippen molar-refractivity contribution in [2.75, 3.05) is 25.1 Å². The Morgan fingerprint density at radius 3 is 2.38 bits per heavy atom. The molecule has 3 aromatic rings. The summed E-state index contributed by atoms with van der Waals surface area (Å²) < 4.78 is 44.2. The second-order valence-electron chi connectivity index (χ2n) is 9.36. The zero-order chi connectivity index (χ0) is 24.7. The van der Waals surface area contributed by atoms with Gasteiger partial charge in [-0.25, -0.2) is 18.2 Å². The molecule has 0 amide bonds. The predicted molar refractivity (Wildman–Crippen MR) is 127 cm³/mol. The maximum atomic E-state index is 14.6. The maximum Gasteiger partial charge on any atom is 0.260 e. The van der Waals surface area contributed by atoms with E-state index < -0.39 is 34.3 Å². The summed E-state index contributed by atoms with van der Waals surface area (Å²) in [4.78, 5) is 24.5. The SMILES string of the molecule is CC(C)n1c(=O)c(-c2cc(F)c(N)c(F)c2F)cc2cnc(NC3CCC(N(C)C)CC3)nc21. The van der Waals surface area contributed by atoms with Gasteiger partial charge in [-0.05, 0) is 65.8 Å². The summed E-state index contributed by atoms with van der Waals surface area (Å²) in [6, 6.07) is 2.53. The average molecular weight is 475 g/mol. The summed E-state index contributed by atoms with van der Waals surface area (Å²) in [6.45, 7) is 3.56. The molecule has 0 unspecified atom stereocenters. The van der Waals surface area contributed by atoms with Gasteiger partial charge < -0.3 is 16.0 Å². The van der Waals surface area contributed by atoms with Gasteiger partial charge in [-0.3, -0.25) is 9.36 Å². The Kier molecular flexibility index (Phi) is 6.53. The van der Waals surface area contributed by atoms with Crippen LogP contribution in [-0.4, -0.2) is 45.6 Å². The number of hydrogen-bond donors (Lipinski definition) is 2. The number of benzene rings is 1. The van der Waals surface area contributed by atoms with Crippen molar-refractivity contribution in [3.63, 3.8) is 0 Å². The zero-order valence-electron chi connectivity index (χ0n) is 19.7. The first-order valence-corrected chi connectivity index (χ1v) is 11.4. The van der Waals surface area contributed by atoms with Crippen LogP contribution in [0.2, 0.25) is 0 Å². The highest BCUT2D eigenvalue weighted by molar-refractivity contribution is 5.82. The van der Waals surface area contributed by atoms with Crippen LogP contribution in [0.15, 0.2) is 23.1 Å². The lowest BCUT2D eigenvalue weighted by molar-refractivity contribution is 0.221. The second kappa shape index (κ2) is 9.25. The molecule has 0 radical (unpaired) electrons. The van der Waals surface area contributed by atoms with Crippen molar-refractivity contribution < 1.29 is 13.2 Å². The third kappa shape index (κ3) is 4.34. The van der Waals surface area contributed by atoms with Crippen LogP contribution in [0.4, 0.5) is 24.8 Å². The molecule has 0 saturated heterocycles. The Balaban J connectivity index is 1.75. The number of nitrogen functional groups attached to an aromatic ring is 1. The van der Waals surface area contributed by atoms with Gasteiger partial charge in [0.2, 0.25) is 5.95 Å². The first-order chi connectivity index (χ1) is 16.1. The molecule has 1 aliphatic rings. The summed E-state index contributed by atoms with van der Waals surface area (Å²) in [5, 5.41) is 3.81. The third-order valence-electron chi connectivity index (χ3n) is 6.53. The van der Waals surface area contributed by atoms with Gasteiger partial charge in [0, 0.05) is 35.3 Å². The normalized spacial score (nSPS) is 18.7. The molecule has 7 nitrogen and oxygen atoms in total. The number of anilines is 2. The molecule has 10 heteroatoms. The number of aromatic nitrogens is 3. The molecule has 1 aromatic carbocycles. The predicted octanol–water partition coefficient (Wildman–Crippen LogP) is 4.32. The molecule has 2 heterocycles. The molecule has 1 aliphatic carbocycles. The lowest BCUT2D eigenvalue weighted by Gasteiger charge is -2.33. The molecule has 4 rings (SSSR count). The lowest BCUT2D eigenvalue weighted by atomic mass is 9.91. The van der Waals surface area contributed by atoms with Gasteiger partial charge in [-0.2, -0.15) is 4.98 Å². The number of rotatable bonds is 5. The van der Waals surface area contributed by atoms with E-state index in [-0.39, 0.29) is 17.6 Å². The summed E-state index contributed by atoms with van der Waals surface area (Å²) in [5.74, 6) is -3.63. The van der Waals surface area contributed by atoms with Crippen molar-refractivity contribution in [3.8, 4) is 11.1 Å². The average Bonchev–Trinajstić information content (AvgIpc) is 2.80. The first kappa shape index (κ1) is 24.0. The number of nitrogens with one attached hydrogen (secondary N) is 1. The van der Waals surface area contributed by atoms with Crippen LogP contribution >= 0.6 is 0 Å². The fraction of sp³-hybridized carbons (Fsp3) is 0.458. The van der Waals surface area contributed by atoms with E-state index in [1.54, 1.807) is 13.8 Å². The topological polar surface area (TPSA) is 89.1 Å². The van der Waals surface area contributed by atoms with Gasteiger partial charge >= 0.3 is 0 Å². The van der Waals surface area contributed by atoms with Gasteiger partial charge in [0.25, 0.3) is 5.56 Å². The smallest absolute Gasteiger partial charge is 0.260 e. The highest BCUT2D eigenvalue weighted by Crippen LogP contribution is 2.30. The Hall–Kier alpha value is -3.14. The van der Waals surface area contributed by atoms with Crippen molar-refractivity contribution in [2.45, 2.75) is 57.7 Å². The molecule has 1 fully saturated rings. The van der Waals surface area contributed by atoms with E-state index in [0.29, 0.717) is 23.0 Å². The molecule has 1 saturated carbocycles. The van der Waals surface area contributed by atoms with Crippen LogP contribution in [0.25, 0.3) is 22.2 Å².